The lowest BCUT2D eigenvalue weighted by Crippen LogP contribution is -2.24. The molecule has 0 heterocycles. The van der Waals surface area contributed by atoms with E-state index in [-0.39, 0.29) is 10.8 Å². The van der Waals surface area contributed by atoms with Gasteiger partial charge in [-0.25, -0.2) is 0 Å². The molecule has 0 atom stereocenters. The van der Waals surface area contributed by atoms with Gasteiger partial charge in [-0.2, -0.15) is 0 Å². The van der Waals surface area contributed by atoms with E-state index in [1.807, 2.05) is 12.1 Å². The quantitative estimate of drug-likeness (QED) is 0.578. The van der Waals surface area contributed by atoms with Crippen LogP contribution in [0.4, 0.5) is 0 Å². The maximum Gasteiger partial charge on any atom is 0.120 e. The van der Waals surface area contributed by atoms with Gasteiger partial charge in [-0.15, -0.1) is 0 Å². The molecule has 3 aromatic rings. The fourth-order valence-electron chi connectivity index (χ4n) is 4.15. The Hall–Kier alpha value is -2.54. The Bertz CT molecular complexity index is 914. The van der Waals surface area contributed by atoms with Crippen LogP contribution in [0, 0.1) is 0 Å². The summed E-state index contributed by atoms with van der Waals surface area (Å²) in [5, 5.41) is 10.8. The lowest BCUT2D eigenvalue weighted by Gasteiger charge is -2.31. The average molecular weight is 328 g/mol. The van der Waals surface area contributed by atoms with Gasteiger partial charge in [-0.1, -0.05) is 81.4 Å². The van der Waals surface area contributed by atoms with Crippen molar-refractivity contribution in [2.45, 2.75) is 38.5 Å². The van der Waals surface area contributed by atoms with Crippen LogP contribution in [0.5, 0.6) is 5.75 Å². The Morgan fingerprint density at radius 1 is 0.720 bits per heavy atom. The summed E-state index contributed by atoms with van der Waals surface area (Å²) in [6.07, 6.45) is 0. The molecule has 1 aliphatic carbocycles. The molecule has 0 aromatic heterocycles. The van der Waals surface area contributed by atoms with Crippen LogP contribution in [0.15, 0.2) is 66.7 Å². The number of phenols is 1. The smallest absolute Gasteiger partial charge is 0.120 e. The minimum Gasteiger partial charge on any atom is -0.508 e. The molecule has 0 saturated carbocycles. The summed E-state index contributed by atoms with van der Waals surface area (Å²) in [5.74, 6) is 0.363. The molecule has 0 spiro atoms. The lowest BCUT2D eigenvalue weighted by molar-refractivity contribution is 0.456. The first-order chi connectivity index (χ1) is 11.8. The van der Waals surface area contributed by atoms with Crippen LogP contribution < -0.4 is 0 Å². The minimum atomic E-state index is -0.349. The van der Waals surface area contributed by atoms with Gasteiger partial charge in [0, 0.05) is 11.0 Å². The van der Waals surface area contributed by atoms with Gasteiger partial charge in [-0.3, -0.25) is 0 Å². The monoisotopic (exact) mass is 328 g/mol. The second kappa shape index (κ2) is 5.23. The predicted molar refractivity (Wildman–Crippen MR) is 104 cm³/mol. The highest BCUT2D eigenvalue weighted by molar-refractivity contribution is 5.83. The van der Waals surface area contributed by atoms with Crippen LogP contribution in [0.2, 0.25) is 0 Å². The van der Waals surface area contributed by atoms with Gasteiger partial charge in [0.25, 0.3) is 0 Å². The number of aromatic hydroxyl groups is 1. The maximum atomic E-state index is 10.8. The molecule has 1 nitrogen and oxygen atoms in total. The molecule has 4 rings (SSSR count). The maximum absolute atomic E-state index is 10.8. The third-order valence-corrected chi connectivity index (χ3v) is 5.62. The van der Waals surface area contributed by atoms with Gasteiger partial charge < -0.3 is 5.11 Å². The highest BCUT2D eigenvalue weighted by atomic mass is 16.3. The van der Waals surface area contributed by atoms with E-state index in [0.717, 1.165) is 5.56 Å². The molecule has 126 valence electrons. The number of fused-ring (bicyclic) bond motifs is 3. The lowest BCUT2D eigenvalue weighted by atomic mass is 9.72. The summed E-state index contributed by atoms with van der Waals surface area (Å²) in [6, 6.07) is 23.2. The van der Waals surface area contributed by atoms with Gasteiger partial charge in [0.05, 0.1) is 0 Å². The van der Waals surface area contributed by atoms with Crippen molar-refractivity contribution in [2.75, 3.05) is 0 Å². The van der Waals surface area contributed by atoms with Gasteiger partial charge in [0.1, 0.15) is 5.75 Å². The summed E-state index contributed by atoms with van der Waals surface area (Å²) in [4.78, 5) is 0. The largest absolute Gasteiger partial charge is 0.508 e. The number of rotatable bonds is 1. The SMILES string of the molecule is CC(C)(C)c1ccc(O)c(C2(C)c3ccccc3-c3ccccc32)c1. The zero-order valence-corrected chi connectivity index (χ0v) is 15.3. The minimum absolute atomic E-state index is 0.0381. The van der Waals surface area contributed by atoms with Gasteiger partial charge in [0.15, 0.2) is 0 Å². The molecule has 1 heteroatoms. The Morgan fingerprint density at radius 2 is 1.24 bits per heavy atom. The predicted octanol–water partition coefficient (Wildman–Crippen LogP) is 6.02. The third kappa shape index (κ3) is 2.22. The third-order valence-electron chi connectivity index (χ3n) is 5.62. The zero-order chi connectivity index (χ0) is 17.8. The molecule has 0 aliphatic heterocycles. The van der Waals surface area contributed by atoms with Crippen LogP contribution >= 0.6 is 0 Å². The zero-order valence-electron chi connectivity index (χ0n) is 15.3. The highest BCUT2D eigenvalue weighted by Gasteiger charge is 2.42. The van der Waals surface area contributed by atoms with Crippen molar-refractivity contribution in [1.82, 2.24) is 0 Å². The molecule has 0 fully saturated rings. The molecular weight excluding hydrogens is 304 g/mol. The normalized spacial score (nSPS) is 14.9. The number of phenolic OH excluding ortho intramolecular Hbond substituents is 1. The Labute approximate surface area is 150 Å². The first-order valence-electron chi connectivity index (χ1n) is 8.87. The Kier molecular flexibility index (Phi) is 3.34. The molecular formula is C24H24O. The molecule has 1 N–H and O–H groups in total. The Balaban J connectivity index is 2.06. The summed E-state index contributed by atoms with van der Waals surface area (Å²) in [7, 11) is 0. The molecule has 0 amide bonds. The number of hydrogen-bond donors (Lipinski definition) is 1. The van der Waals surface area contributed by atoms with Crippen molar-refractivity contribution in [3.63, 3.8) is 0 Å². The molecule has 0 unspecified atom stereocenters. The molecule has 3 aromatic carbocycles. The van der Waals surface area contributed by atoms with E-state index in [0.29, 0.717) is 5.75 Å². The van der Waals surface area contributed by atoms with E-state index in [1.54, 1.807) is 0 Å². The standard InChI is InChI=1S/C24H24O/c1-23(2,3)16-13-14-22(25)21(15-16)24(4)19-11-7-5-9-17(19)18-10-6-8-12-20(18)24/h5-15,25H,1-4H3. The molecule has 1 aliphatic rings. The molecule has 25 heavy (non-hydrogen) atoms. The van der Waals surface area contributed by atoms with Crippen LogP contribution in [0.3, 0.4) is 0 Å². The summed E-state index contributed by atoms with van der Waals surface area (Å²) in [6.45, 7) is 8.87. The fraction of sp³-hybridized carbons (Fsp3) is 0.250. The van der Waals surface area contributed by atoms with E-state index >= 15 is 0 Å². The number of benzene rings is 3. The van der Waals surface area contributed by atoms with Crippen molar-refractivity contribution in [1.29, 1.82) is 0 Å². The highest BCUT2D eigenvalue weighted by Crippen LogP contribution is 2.54. The van der Waals surface area contributed by atoms with Crippen molar-refractivity contribution in [3.05, 3.63) is 89.0 Å². The van der Waals surface area contributed by atoms with E-state index in [4.69, 9.17) is 0 Å². The van der Waals surface area contributed by atoms with Crippen LogP contribution in [-0.4, -0.2) is 5.11 Å². The summed E-state index contributed by atoms with van der Waals surface area (Å²) >= 11 is 0. The van der Waals surface area contributed by atoms with Crippen molar-refractivity contribution in [2.24, 2.45) is 0 Å². The van der Waals surface area contributed by atoms with E-state index < -0.39 is 0 Å². The topological polar surface area (TPSA) is 20.2 Å². The Morgan fingerprint density at radius 3 is 1.76 bits per heavy atom. The van der Waals surface area contributed by atoms with Crippen LogP contribution in [0.1, 0.15) is 49.9 Å². The van der Waals surface area contributed by atoms with Gasteiger partial charge >= 0.3 is 0 Å². The molecule has 0 radical (unpaired) electrons. The van der Waals surface area contributed by atoms with E-state index in [1.165, 1.54) is 27.8 Å². The fourth-order valence-corrected chi connectivity index (χ4v) is 4.15. The summed E-state index contributed by atoms with van der Waals surface area (Å²) < 4.78 is 0. The van der Waals surface area contributed by atoms with Crippen LogP contribution in [-0.2, 0) is 10.8 Å². The van der Waals surface area contributed by atoms with Gasteiger partial charge in [0.2, 0.25) is 0 Å². The molecule has 0 bridgehead atoms. The molecule has 0 saturated heterocycles. The number of hydrogen-bond acceptors (Lipinski definition) is 1. The van der Waals surface area contributed by atoms with Crippen molar-refractivity contribution >= 4 is 0 Å². The summed E-state index contributed by atoms with van der Waals surface area (Å²) in [5.41, 5.74) is 6.97. The first kappa shape index (κ1) is 16.0. The second-order valence-corrected chi connectivity index (χ2v) is 8.20. The van der Waals surface area contributed by atoms with E-state index in [9.17, 15) is 5.11 Å². The van der Waals surface area contributed by atoms with Crippen LogP contribution in [0.25, 0.3) is 11.1 Å². The second-order valence-electron chi connectivity index (χ2n) is 8.20. The van der Waals surface area contributed by atoms with Crippen molar-refractivity contribution in [3.8, 4) is 16.9 Å². The first-order valence-corrected chi connectivity index (χ1v) is 8.87. The van der Waals surface area contributed by atoms with Gasteiger partial charge in [-0.05, 0) is 46.2 Å². The average Bonchev–Trinajstić information content (AvgIpc) is 2.85. The van der Waals surface area contributed by atoms with E-state index in [2.05, 4.69) is 82.3 Å². The van der Waals surface area contributed by atoms with Crippen molar-refractivity contribution < 1.29 is 5.11 Å².